The molecule has 0 bridgehead atoms. The lowest BCUT2D eigenvalue weighted by Gasteiger charge is -2.09. The molecule has 0 atom stereocenters. The summed E-state index contributed by atoms with van der Waals surface area (Å²) in [5, 5.41) is 12.9. The lowest BCUT2D eigenvalue weighted by Crippen LogP contribution is -2.14. The SMILES string of the molecule is O=C(CSc1ccccc1C(=O)O)Nc1ccnc2ccccc12. The average molecular weight is 338 g/mol. The summed E-state index contributed by atoms with van der Waals surface area (Å²) in [5.74, 6) is -1.07. The van der Waals surface area contributed by atoms with Crippen molar-refractivity contribution in [3.63, 3.8) is 0 Å². The number of anilines is 1. The zero-order chi connectivity index (χ0) is 16.9. The van der Waals surface area contributed by atoms with E-state index >= 15 is 0 Å². The van der Waals surface area contributed by atoms with Crippen molar-refractivity contribution in [1.82, 2.24) is 4.98 Å². The molecule has 1 heterocycles. The number of nitrogens with one attached hydrogen (secondary N) is 1. The van der Waals surface area contributed by atoms with Gasteiger partial charge in [0.15, 0.2) is 0 Å². The van der Waals surface area contributed by atoms with E-state index in [4.69, 9.17) is 5.11 Å². The van der Waals surface area contributed by atoms with Crippen LogP contribution >= 0.6 is 11.8 Å². The molecule has 2 aromatic carbocycles. The highest BCUT2D eigenvalue weighted by Gasteiger charge is 2.12. The molecule has 0 unspecified atom stereocenters. The van der Waals surface area contributed by atoms with E-state index in [1.165, 1.54) is 17.8 Å². The molecule has 3 aromatic rings. The van der Waals surface area contributed by atoms with Crippen LogP contribution in [0.4, 0.5) is 5.69 Å². The molecule has 0 spiro atoms. The summed E-state index contributed by atoms with van der Waals surface area (Å²) in [6.45, 7) is 0. The van der Waals surface area contributed by atoms with Gasteiger partial charge in [-0.15, -0.1) is 11.8 Å². The summed E-state index contributed by atoms with van der Waals surface area (Å²) in [6, 6.07) is 15.9. The Labute approximate surface area is 142 Å². The van der Waals surface area contributed by atoms with Gasteiger partial charge in [-0.3, -0.25) is 9.78 Å². The Morgan fingerprint density at radius 1 is 1.04 bits per heavy atom. The van der Waals surface area contributed by atoms with Crippen LogP contribution in [-0.4, -0.2) is 27.7 Å². The highest BCUT2D eigenvalue weighted by atomic mass is 32.2. The van der Waals surface area contributed by atoms with Crippen LogP contribution in [0.25, 0.3) is 10.9 Å². The Morgan fingerprint density at radius 3 is 2.62 bits per heavy atom. The Kier molecular flexibility index (Phi) is 4.77. The molecule has 0 fully saturated rings. The average Bonchev–Trinajstić information content (AvgIpc) is 2.60. The van der Waals surface area contributed by atoms with Crippen molar-refractivity contribution in [3.8, 4) is 0 Å². The summed E-state index contributed by atoms with van der Waals surface area (Å²) < 4.78 is 0. The van der Waals surface area contributed by atoms with Gasteiger partial charge in [-0.05, 0) is 24.3 Å². The van der Waals surface area contributed by atoms with Crippen LogP contribution in [-0.2, 0) is 4.79 Å². The largest absolute Gasteiger partial charge is 0.478 e. The third-order valence-corrected chi connectivity index (χ3v) is 4.47. The number of hydrogen-bond donors (Lipinski definition) is 2. The number of nitrogens with zero attached hydrogens (tertiary/aromatic N) is 1. The lowest BCUT2D eigenvalue weighted by molar-refractivity contribution is -0.113. The monoisotopic (exact) mass is 338 g/mol. The second-order valence-corrected chi connectivity index (χ2v) is 6.03. The number of para-hydroxylation sites is 1. The van der Waals surface area contributed by atoms with Crippen molar-refractivity contribution in [2.45, 2.75) is 4.90 Å². The number of amides is 1. The first-order valence-electron chi connectivity index (χ1n) is 7.24. The molecule has 1 aromatic heterocycles. The molecule has 24 heavy (non-hydrogen) atoms. The van der Waals surface area contributed by atoms with Gasteiger partial charge in [0.05, 0.1) is 22.5 Å². The standard InChI is InChI=1S/C18H14N2O3S/c21-17(11-24-16-8-4-2-6-13(16)18(22)23)20-15-9-10-19-14-7-3-1-5-12(14)15/h1-10H,11H2,(H,22,23)(H,19,20,21). The van der Waals surface area contributed by atoms with Crippen molar-refractivity contribution in [2.75, 3.05) is 11.1 Å². The number of aromatic carboxylic acids is 1. The van der Waals surface area contributed by atoms with Gasteiger partial charge in [0.2, 0.25) is 5.91 Å². The van der Waals surface area contributed by atoms with E-state index in [0.717, 1.165) is 10.9 Å². The number of carboxylic acid groups (broad SMARTS) is 1. The Bertz CT molecular complexity index is 906. The van der Waals surface area contributed by atoms with Crippen molar-refractivity contribution in [1.29, 1.82) is 0 Å². The molecule has 0 radical (unpaired) electrons. The lowest BCUT2D eigenvalue weighted by atomic mass is 10.2. The van der Waals surface area contributed by atoms with E-state index in [1.807, 2.05) is 24.3 Å². The first-order chi connectivity index (χ1) is 11.6. The number of carboxylic acids is 1. The molecule has 6 heteroatoms. The number of rotatable bonds is 5. The van der Waals surface area contributed by atoms with Crippen LogP contribution in [0.3, 0.4) is 0 Å². The molecule has 0 aliphatic heterocycles. The molecule has 3 rings (SSSR count). The number of benzene rings is 2. The maximum atomic E-state index is 12.2. The van der Waals surface area contributed by atoms with E-state index in [2.05, 4.69) is 10.3 Å². The van der Waals surface area contributed by atoms with Gasteiger partial charge in [-0.1, -0.05) is 30.3 Å². The van der Waals surface area contributed by atoms with Crippen molar-refractivity contribution >= 4 is 40.2 Å². The molecule has 1 amide bonds. The third kappa shape index (κ3) is 3.55. The van der Waals surface area contributed by atoms with E-state index < -0.39 is 5.97 Å². The highest BCUT2D eigenvalue weighted by molar-refractivity contribution is 8.00. The van der Waals surface area contributed by atoms with Gasteiger partial charge in [0.1, 0.15) is 0 Å². The summed E-state index contributed by atoms with van der Waals surface area (Å²) in [5.41, 5.74) is 1.70. The molecule has 0 saturated heterocycles. The molecule has 0 aliphatic rings. The van der Waals surface area contributed by atoms with Gasteiger partial charge in [0.25, 0.3) is 0 Å². The number of pyridine rings is 1. The van der Waals surface area contributed by atoms with Crippen molar-refractivity contribution in [2.24, 2.45) is 0 Å². The van der Waals surface area contributed by atoms with Crippen LogP contribution in [0.15, 0.2) is 65.7 Å². The van der Waals surface area contributed by atoms with Gasteiger partial charge in [0, 0.05) is 16.5 Å². The maximum absolute atomic E-state index is 12.2. The minimum Gasteiger partial charge on any atom is -0.478 e. The predicted octanol–water partition coefficient (Wildman–Crippen LogP) is 3.66. The minimum atomic E-state index is -1.00. The maximum Gasteiger partial charge on any atom is 0.336 e. The number of thioether (sulfide) groups is 1. The number of fused-ring (bicyclic) bond motifs is 1. The molecule has 5 nitrogen and oxygen atoms in total. The van der Waals surface area contributed by atoms with Crippen molar-refractivity contribution < 1.29 is 14.7 Å². The number of hydrogen-bond acceptors (Lipinski definition) is 4. The molecule has 120 valence electrons. The number of carbonyl (C=O) groups excluding carboxylic acids is 1. The molecule has 0 aliphatic carbocycles. The van der Waals surface area contributed by atoms with Crippen LogP contribution in [0.5, 0.6) is 0 Å². The Balaban J connectivity index is 1.71. The second kappa shape index (κ2) is 7.14. The summed E-state index contributed by atoms with van der Waals surface area (Å²) in [6.07, 6.45) is 1.64. The minimum absolute atomic E-state index is 0.126. The van der Waals surface area contributed by atoms with E-state index in [0.29, 0.717) is 10.6 Å². The Hall–Kier alpha value is -2.86. The number of carbonyl (C=O) groups is 2. The third-order valence-electron chi connectivity index (χ3n) is 3.40. The summed E-state index contributed by atoms with van der Waals surface area (Å²) in [7, 11) is 0. The summed E-state index contributed by atoms with van der Waals surface area (Å²) >= 11 is 1.20. The van der Waals surface area contributed by atoms with Gasteiger partial charge < -0.3 is 10.4 Å². The van der Waals surface area contributed by atoms with Gasteiger partial charge in [-0.2, -0.15) is 0 Å². The van der Waals surface area contributed by atoms with Gasteiger partial charge in [-0.25, -0.2) is 4.79 Å². The van der Waals surface area contributed by atoms with Crippen LogP contribution in [0, 0.1) is 0 Å². The predicted molar refractivity (Wildman–Crippen MR) is 94.5 cm³/mol. The zero-order valence-electron chi connectivity index (χ0n) is 12.6. The van der Waals surface area contributed by atoms with Crippen molar-refractivity contribution in [3.05, 3.63) is 66.4 Å². The fourth-order valence-electron chi connectivity index (χ4n) is 2.30. The fraction of sp³-hybridized carbons (Fsp3) is 0.0556. The smallest absolute Gasteiger partial charge is 0.336 e. The van der Waals surface area contributed by atoms with Crippen LogP contribution < -0.4 is 5.32 Å². The fourth-order valence-corrected chi connectivity index (χ4v) is 3.15. The normalized spacial score (nSPS) is 10.5. The first kappa shape index (κ1) is 16.0. The Morgan fingerprint density at radius 2 is 1.79 bits per heavy atom. The number of aromatic nitrogens is 1. The second-order valence-electron chi connectivity index (χ2n) is 5.01. The van der Waals surface area contributed by atoms with Gasteiger partial charge >= 0.3 is 5.97 Å². The zero-order valence-corrected chi connectivity index (χ0v) is 13.4. The highest BCUT2D eigenvalue weighted by Crippen LogP contribution is 2.24. The van der Waals surface area contributed by atoms with Crippen LogP contribution in [0.1, 0.15) is 10.4 Å². The van der Waals surface area contributed by atoms with Crippen LogP contribution in [0.2, 0.25) is 0 Å². The molecular formula is C18H14N2O3S. The topological polar surface area (TPSA) is 79.3 Å². The molecule has 2 N–H and O–H groups in total. The first-order valence-corrected chi connectivity index (χ1v) is 8.22. The quantitative estimate of drug-likeness (QED) is 0.694. The summed E-state index contributed by atoms with van der Waals surface area (Å²) in [4.78, 5) is 28.2. The molecular weight excluding hydrogens is 324 g/mol. The van der Waals surface area contributed by atoms with E-state index in [1.54, 1.807) is 30.5 Å². The van der Waals surface area contributed by atoms with E-state index in [9.17, 15) is 9.59 Å². The van der Waals surface area contributed by atoms with E-state index in [-0.39, 0.29) is 17.2 Å². The molecule has 0 saturated carbocycles.